The second-order valence-corrected chi connectivity index (χ2v) is 7.91. The van der Waals surface area contributed by atoms with Crippen molar-refractivity contribution in [2.45, 2.75) is 12.5 Å². The smallest absolute Gasteiger partial charge is 0.322 e. The van der Waals surface area contributed by atoms with E-state index >= 15 is 0 Å². The van der Waals surface area contributed by atoms with Gasteiger partial charge in [-0.2, -0.15) is 0 Å². The third-order valence-electron chi connectivity index (χ3n) is 5.90. The van der Waals surface area contributed by atoms with Crippen molar-refractivity contribution in [2.24, 2.45) is 0 Å². The zero-order chi connectivity index (χ0) is 22.1. The van der Waals surface area contributed by atoms with Gasteiger partial charge in [-0.05, 0) is 60.0 Å². The zero-order valence-electron chi connectivity index (χ0n) is 17.3. The average molecular weight is 431 g/mol. The predicted molar refractivity (Wildman–Crippen MR) is 118 cm³/mol. The maximum Gasteiger partial charge on any atom is 0.322 e. The van der Waals surface area contributed by atoms with Crippen LogP contribution < -0.4 is 10.1 Å². The van der Waals surface area contributed by atoms with Crippen molar-refractivity contribution in [3.63, 3.8) is 0 Å². The molecule has 0 aromatic heterocycles. The van der Waals surface area contributed by atoms with E-state index in [2.05, 4.69) is 5.32 Å². The first kappa shape index (κ1) is 20.1. The van der Waals surface area contributed by atoms with Crippen LogP contribution in [-0.2, 0) is 11.2 Å². The number of hydrogen-bond acceptors (Lipinski definition) is 3. The Labute approximate surface area is 185 Å². The molecule has 1 atom stereocenters. The quantitative estimate of drug-likeness (QED) is 0.660. The van der Waals surface area contributed by atoms with Crippen LogP contribution in [0.2, 0.25) is 0 Å². The van der Waals surface area contributed by atoms with Gasteiger partial charge in [0.25, 0.3) is 0 Å². The summed E-state index contributed by atoms with van der Waals surface area (Å²) >= 11 is 0. The molecule has 1 saturated heterocycles. The van der Waals surface area contributed by atoms with Crippen LogP contribution in [0.1, 0.15) is 17.2 Å². The highest BCUT2D eigenvalue weighted by Crippen LogP contribution is 2.34. The Hall–Kier alpha value is -3.87. The zero-order valence-corrected chi connectivity index (χ0v) is 17.3. The molecule has 2 heterocycles. The lowest BCUT2D eigenvalue weighted by Crippen LogP contribution is -2.56. The lowest BCUT2D eigenvalue weighted by molar-refractivity contribution is -0.139. The highest BCUT2D eigenvalue weighted by atomic mass is 19.1. The average Bonchev–Trinajstić information content (AvgIpc) is 2.81. The molecule has 1 fully saturated rings. The van der Waals surface area contributed by atoms with Crippen molar-refractivity contribution in [1.82, 2.24) is 9.80 Å². The summed E-state index contributed by atoms with van der Waals surface area (Å²) < 4.78 is 20.0. The molecule has 1 N–H and O–H groups in total. The molecule has 3 amide bonds. The van der Waals surface area contributed by atoms with E-state index < -0.39 is 0 Å². The SMILES string of the molecule is O=C(Nc1ccc(Oc2ccccc2)cc1)N1CC(=O)N2CCc3c(F)cccc3C2C1. The highest BCUT2D eigenvalue weighted by molar-refractivity contribution is 5.93. The first-order valence-corrected chi connectivity index (χ1v) is 10.5. The van der Waals surface area contributed by atoms with Crippen molar-refractivity contribution in [3.05, 3.63) is 89.7 Å². The summed E-state index contributed by atoms with van der Waals surface area (Å²) in [6, 6.07) is 20.7. The van der Waals surface area contributed by atoms with E-state index in [-0.39, 0.29) is 30.3 Å². The monoisotopic (exact) mass is 431 g/mol. The first-order valence-electron chi connectivity index (χ1n) is 10.5. The van der Waals surface area contributed by atoms with Crippen LogP contribution in [0.4, 0.5) is 14.9 Å². The van der Waals surface area contributed by atoms with Crippen molar-refractivity contribution >= 4 is 17.6 Å². The Bertz CT molecular complexity index is 1150. The van der Waals surface area contributed by atoms with Gasteiger partial charge < -0.3 is 19.9 Å². The maximum absolute atomic E-state index is 14.2. The van der Waals surface area contributed by atoms with E-state index in [4.69, 9.17) is 4.74 Å². The lowest BCUT2D eigenvalue weighted by Gasteiger charge is -2.44. The number of piperazine rings is 1. The number of benzene rings is 3. The van der Waals surface area contributed by atoms with E-state index in [0.717, 1.165) is 11.3 Å². The molecule has 0 radical (unpaired) electrons. The number of anilines is 1. The van der Waals surface area contributed by atoms with Crippen LogP contribution in [0.15, 0.2) is 72.8 Å². The third-order valence-corrected chi connectivity index (χ3v) is 5.90. The molecular weight excluding hydrogens is 409 g/mol. The minimum atomic E-state index is -0.363. The molecule has 3 aromatic carbocycles. The first-order chi connectivity index (χ1) is 15.6. The molecule has 0 aliphatic carbocycles. The van der Waals surface area contributed by atoms with Gasteiger partial charge in [0.15, 0.2) is 0 Å². The van der Waals surface area contributed by atoms with Crippen molar-refractivity contribution in [1.29, 1.82) is 0 Å². The molecule has 1 unspecified atom stereocenters. The molecule has 162 valence electrons. The summed E-state index contributed by atoms with van der Waals surface area (Å²) in [5.74, 6) is 0.996. The van der Waals surface area contributed by atoms with Crippen LogP contribution in [0, 0.1) is 5.82 Å². The van der Waals surface area contributed by atoms with Gasteiger partial charge >= 0.3 is 6.03 Å². The number of hydrogen-bond donors (Lipinski definition) is 1. The predicted octanol–water partition coefficient (Wildman–Crippen LogP) is 4.59. The second kappa shape index (κ2) is 8.34. The fourth-order valence-corrected chi connectivity index (χ4v) is 4.32. The molecule has 7 heteroatoms. The Kier molecular flexibility index (Phi) is 5.23. The summed E-state index contributed by atoms with van der Waals surface area (Å²) in [6.45, 7) is 0.793. The fourth-order valence-electron chi connectivity index (χ4n) is 4.32. The topological polar surface area (TPSA) is 61.9 Å². The molecule has 6 nitrogen and oxygen atoms in total. The summed E-state index contributed by atoms with van der Waals surface area (Å²) in [6.07, 6.45) is 0.494. The number of ether oxygens (including phenoxy) is 1. The van der Waals surface area contributed by atoms with E-state index in [1.807, 2.05) is 36.4 Å². The van der Waals surface area contributed by atoms with E-state index in [9.17, 15) is 14.0 Å². The fraction of sp³-hybridized carbons (Fsp3) is 0.200. The van der Waals surface area contributed by atoms with Crippen LogP contribution in [-0.4, -0.2) is 41.4 Å². The number of para-hydroxylation sites is 1. The summed E-state index contributed by atoms with van der Waals surface area (Å²) in [5, 5.41) is 2.84. The number of nitrogens with zero attached hydrogens (tertiary/aromatic N) is 2. The van der Waals surface area contributed by atoms with E-state index in [0.29, 0.717) is 36.5 Å². The van der Waals surface area contributed by atoms with Gasteiger partial charge in [-0.1, -0.05) is 30.3 Å². The molecule has 0 bridgehead atoms. The molecular formula is C25H22FN3O3. The molecule has 3 aromatic rings. The molecule has 0 spiro atoms. The molecule has 0 saturated carbocycles. The number of halogens is 1. The van der Waals surface area contributed by atoms with Crippen molar-refractivity contribution in [2.75, 3.05) is 25.0 Å². The standard InChI is InChI=1S/C25H22FN3O3/c26-22-8-4-7-21-20(22)13-14-29-23(21)15-28(16-24(29)30)25(31)27-17-9-11-19(12-10-17)32-18-5-2-1-3-6-18/h1-12,23H,13-16H2,(H,27,31). The molecule has 32 heavy (non-hydrogen) atoms. The molecule has 2 aliphatic rings. The summed E-state index contributed by atoms with van der Waals surface area (Å²) in [7, 11) is 0. The van der Waals surface area contributed by atoms with Gasteiger partial charge in [0, 0.05) is 18.8 Å². The Morgan fingerprint density at radius 1 is 0.969 bits per heavy atom. The van der Waals surface area contributed by atoms with Crippen LogP contribution in [0.3, 0.4) is 0 Å². The van der Waals surface area contributed by atoms with Gasteiger partial charge in [-0.15, -0.1) is 0 Å². The number of amides is 3. The molecule has 2 aliphatic heterocycles. The van der Waals surface area contributed by atoms with Crippen LogP contribution >= 0.6 is 0 Å². The number of fused-ring (bicyclic) bond motifs is 3. The Morgan fingerprint density at radius 3 is 2.50 bits per heavy atom. The van der Waals surface area contributed by atoms with Crippen LogP contribution in [0.25, 0.3) is 0 Å². The second-order valence-electron chi connectivity index (χ2n) is 7.91. The van der Waals surface area contributed by atoms with Crippen molar-refractivity contribution in [3.8, 4) is 11.5 Å². The normalized spacial score (nSPS) is 17.4. The highest BCUT2D eigenvalue weighted by Gasteiger charge is 2.39. The number of carbonyl (C=O) groups excluding carboxylic acids is 2. The van der Waals surface area contributed by atoms with Gasteiger partial charge in [0.2, 0.25) is 5.91 Å². The molecule has 5 rings (SSSR count). The number of rotatable bonds is 3. The largest absolute Gasteiger partial charge is 0.457 e. The summed E-state index contributed by atoms with van der Waals surface area (Å²) in [4.78, 5) is 28.8. The number of urea groups is 1. The van der Waals surface area contributed by atoms with Gasteiger partial charge in [0.1, 0.15) is 23.9 Å². The number of nitrogens with one attached hydrogen (secondary N) is 1. The van der Waals surface area contributed by atoms with Crippen LogP contribution in [0.5, 0.6) is 11.5 Å². The third kappa shape index (κ3) is 3.89. The number of carbonyl (C=O) groups is 2. The minimum Gasteiger partial charge on any atom is -0.457 e. The lowest BCUT2D eigenvalue weighted by atomic mass is 9.90. The Balaban J connectivity index is 1.27. The maximum atomic E-state index is 14.2. The van der Waals surface area contributed by atoms with Gasteiger partial charge in [-0.25, -0.2) is 9.18 Å². The summed E-state index contributed by atoms with van der Waals surface area (Å²) in [5.41, 5.74) is 2.02. The minimum absolute atomic E-state index is 0.00217. The Morgan fingerprint density at radius 2 is 1.72 bits per heavy atom. The van der Waals surface area contributed by atoms with Crippen molar-refractivity contribution < 1.29 is 18.7 Å². The van der Waals surface area contributed by atoms with Gasteiger partial charge in [-0.3, -0.25) is 4.79 Å². The van der Waals surface area contributed by atoms with E-state index in [1.54, 1.807) is 35.2 Å². The van der Waals surface area contributed by atoms with E-state index in [1.165, 1.54) is 11.0 Å². The van der Waals surface area contributed by atoms with Gasteiger partial charge in [0.05, 0.1) is 6.04 Å².